The van der Waals surface area contributed by atoms with Crippen LogP contribution in [0, 0.1) is 6.92 Å². The predicted molar refractivity (Wildman–Crippen MR) is 73.6 cm³/mol. The smallest absolute Gasteiger partial charge is 0.0484 e. The van der Waals surface area contributed by atoms with Gasteiger partial charge in [0.2, 0.25) is 0 Å². The van der Waals surface area contributed by atoms with E-state index in [-0.39, 0.29) is 0 Å². The quantitative estimate of drug-likeness (QED) is 0.680. The molecule has 1 heteroatoms. The van der Waals surface area contributed by atoms with Crippen molar-refractivity contribution in [3.05, 3.63) is 58.6 Å². The summed E-state index contributed by atoms with van der Waals surface area (Å²) in [5, 5.41) is 0.837. The fourth-order valence-corrected chi connectivity index (χ4v) is 2.52. The van der Waals surface area contributed by atoms with Gasteiger partial charge in [-0.25, -0.2) is 0 Å². The topological polar surface area (TPSA) is 0 Å². The van der Waals surface area contributed by atoms with Crippen molar-refractivity contribution < 1.29 is 0 Å². The molecule has 0 heterocycles. The lowest BCUT2D eigenvalue weighted by molar-refractivity contribution is 1.13. The van der Waals surface area contributed by atoms with Gasteiger partial charge in [-0.2, -0.15) is 0 Å². The van der Waals surface area contributed by atoms with Gasteiger partial charge in [0.05, 0.1) is 0 Å². The first-order valence-electron chi connectivity index (χ1n) is 6.11. The number of benzene rings is 2. The average Bonchev–Trinajstić information content (AvgIpc) is 3.15. The molecule has 86 valence electrons. The minimum Gasteiger partial charge on any atom is -0.0837 e. The molecule has 2 aromatic rings. The van der Waals surface area contributed by atoms with Crippen molar-refractivity contribution in [2.75, 3.05) is 0 Å². The maximum absolute atomic E-state index is 6.28. The van der Waals surface area contributed by atoms with Crippen LogP contribution in [-0.2, 0) is 0 Å². The van der Waals surface area contributed by atoms with Crippen molar-refractivity contribution in [3.8, 4) is 11.1 Å². The summed E-state index contributed by atoms with van der Waals surface area (Å²) in [5.41, 5.74) is 5.18. The lowest BCUT2D eigenvalue weighted by Crippen LogP contribution is -1.87. The summed E-state index contributed by atoms with van der Waals surface area (Å²) in [4.78, 5) is 0. The molecule has 0 aliphatic heterocycles. The molecule has 0 spiro atoms. The first-order valence-corrected chi connectivity index (χ1v) is 6.49. The Morgan fingerprint density at radius 2 is 1.76 bits per heavy atom. The van der Waals surface area contributed by atoms with Gasteiger partial charge in [-0.05, 0) is 48.4 Å². The van der Waals surface area contributed by atoms with E-state index in [1.165, 1.54) is 29.5 Å². The molecule has 0 amide bonds. The summed E-state index contributed by atoms with van der Waals surface area (Å²) in [6.07, 6.45) is 2.68. The third-order valence-electron chi connectivity index (χ3n) is 3.47. The fourth-order valence-electron chi connectivity index (χ4n) is 2.28. The zero-order valence-corrected chi connectivity index (χ0v) is 10.7. The predicted octanol–water partition coefficient (Wildman–Crippen LogP) is 5.19. The minimum absolute atomic E-state index is 0.789. The van der Waals surface area contributed by atoms with E-state index in [9.17, 15) is 0 Å². The second kappa shape index (κ2) is 4.19. The second-order valence-corrected chi connectivity index (χ2v) is 5.24. The van der Waals surface area contributed by atoms with E-state index in [4.69, 9.17) is 11.6 Å². The van der Waals surface area contributed by atoms with E-state index in [0.717, 1.165) is 16.5 Å². The van der Waals surface area contributed by atoms with Crippen molar-refractivity contribution in [2.24, 2.45) is 0 Å². The summed E-state index contributed by atoms with van der Waals surface area (Å²) in [6.45, 7) is 2.15. The second-order valence-electron chi connectivity index (χ2n) is 4.83. The SMILES string of the molecule is Cc1ccc(C2CC2)cc1-c1ccccc1Cl. The normalized spacial score (nSPS) is 14.9. The Kier molecular flexibility index (Phi) is 2.68. The fraction of sp³-hybridized carbons (Fsp3) is 0.250. The van der Waals surface area contributed by atoms with Crippen LogP contribution in [0.5, 0.6) is 0 Å². The monoisotopic (exact) mass is 242 g/mol. The van der Waals surface area contributed by atoms with Crippen LogP contribution in [0.25, 0.3) is 11.1 Å². The highest BCUT2D eigenvalue weighted by molar-refractivity contribution is 6.33. The van der Waals surface area contributed by atoms with E-state index in [0.29, 0.717) is 0 Å². The molecule has 0 unspecified atom stereocenters. The van der Waals surface area contributed by atoms with E-state index in [2.05, 4.69) is 31.2 Å². The zero-order chi connectivity index (χ0) is 11.8. The van der Waals surface area contributed by atoms with Gasteiger partial charge in [-0.15, -0.1) is 0 Å². The Labute approximate surface area is 107 Å². The van der Waals surface area contributed by atoms with Crippen LogP contribution < -0.4 is 0 Å². The molecule has 1 aliphatic rings. The Morgan fingerprint density at radius 1 is 1.00 bits per heavy atom. The van der Waals surface area contributed by atoms with Gasteiger partial charge in [-0.1, -0.05) is 48.0 Å². The Balaban J connectivity index is 2.12. The summed E-state index contributed by atoms with van der Waals surface area (Å²) < 4.78 is 0. The first-order chi connectivity index (χ1) is 8.25. The lowest BCUT2D eigenvalue weighted by atomic mass is 9.96. The highest BCUT2D eigenvalue weighted by Gasteiger charge is 2.24. The summed E-state index contributed by atoms with van der Waals surface area (Å²) in [6, 6.07) is 14.9. The van der Waals surface area contributed by atoms with Gasteiger partial charge in [0.1, 0.15) is 0 Å². The highest BCUT2D eigenvalue weighted by atomic mass is 35.5. The highest BCUT2D eigenvalue weighted by Crippen LogP contribution is 2.42. The molecular formula is C16H15Cl. The molecule has 3 rings (SSSR count). The maximum atomic E-state index is 6.28. The van der Waals surface area contributed by atoms with Gasteiger partial charge < -0.3 is 0 Å². The Hall–Kier alpha value is -1.27. The van der Waals surface area contributed by atoms with Crippen LogP contribution in [0.4, 0.5) is 0 Å². The molecule has 0 saturated heterocycles. The zero-order valence-electron chi connectivity index (χ0n) is 9.91. The average molecular weight is 243 g/mol. The van der Waals surface area contributed by atoms with Gasteiger partial charge in [-0.3, -0.25) is 0 Å². The van der Waals surface area contributed by atoms with E-state index >= 15 is 0 Å². The molecule has 0 nitrogen and oxygen atoms in total. The van der Waals surface area contributed by atoms with E-state index in [1.54, 1.807) is 0 Å². The van der Waals surface area contributed by atoms with Gasteiger partial charge >= 0.3 is 0 Å². The Morgan fingerprint density at radius 3 is 2.47 bits per heavy atom. The van der Waals surface area contributed by atoms with E-state index < -0.39 is 0 Å². The number of aryl methyl sites for hydroxylation is 1. The van der Waals surface area contributed by atoms with Crippen LogP contribution in [0.2, 0.25) is 5.02 Å². The molecule has 0 atom stereocenters. The van der Waals surface area contributed by atoms with Crippen LogP contribution in [0.15, 0.2) is 42.5 Å². The van der Waals surface area contributed by atoms with Crippen molar-refractivity contribution in [2.45, 2.75) is 25.7 Å². The molecule has 2 aromatic carbocycles. The number of halogens is 1. The third-order valence-corrected chi connectivity index (χ3v) is 3.80. The van der Waals surface area contributed by atoms with E-state index in [1.807, 2.05) is 18.2 Å². The van der Waals surface area contributed by atoms with Gasteiger partial charge in [0.15, 0.2) is 0 Å². The standard InChI is InChI=1S/C16H15Cl/c1-11-6-7-13(12-8-9-12)10-15(11)14-4-2-3-5-16(14)17/h2-7,10,12H,8-9H2,1H3. The summed E-state index contributed by atoms with van der Waals surface area (Å²) in [7, 11) is 0. The Bertz CT molecular complexity index is 553. The minimum atomic E-state index is 0.789. The first kappa shape index (κ1) is 10.9. The maximum Gasteiger partial charge on any atom is 0.0484 e. The molecule has 0 N–H and O–H groups in total. The molecule has 1 fully saturated rings. The molecule has 1 aliphatic carbocycles. The molecular weight excluding hydrogens is 228 g/mol. The third kappa shape index (κ3) is 2.10. The number of hydrogen-bond donors (Lipinski definition) is 0. The van der Waals surface area contributed by atoms with Crippen LogP contribution >= 0.6 is 11.6 Å². The van der Waals surface area contributed by atoms with Crippen LogP contribution in [0.1, 0.15) is 29.9 Å². The van der Waals surface area contributed by atoms with Gasteiger partial charge in [0, 0.05) is 10.6 Å². The van der Waals surface area contributed by atoms with Crippen LogP contribution in [0.3, 0.4) is 0 Å². The van der Waals surface area contributed by atoms with Crippen molar-refractivity contribution >= 4 is 11.6 Å². The van der Waals surface area contributed by atoms with Crippen LogP contribution in [-0.4, -0.2) is 0 Å². The number of rotatable bonds is 2. The molecule has 17 heavy (non-hydrogen) atoms. The number of hydrogen-bond acceptors (Lipinski definition) is 0. The van der Waals surface area contributed by atoms with Crippen molar-refractivity contribution in [1.82, 2.24) is 0 Å². The van der Waals surface area contributed by atoms with Gasteiger partial charge in [0.25, 0.3) is 0 Å². The molecule has 0 radical (unpaired) electrons. The molecule has 1 saturated carbocycles. The molecule has 0 bridgehead atoms. The summed E-state index contributed by atoms with van der Waals surface area (Å²) >= 11 is 6.28. The largest absolute Gasteiger partial charge is 0.0837 e. The lowest BCUT2D eigenvalue weighted by Gasteiger charge is -2.10. The summed E-state index contributed by atoms with van der Waals surface area (Å²) in [5.74, 6) is 0.789. The van der Waals surface area contributed by atoms with Crippen molar-refractivity contribution in [1.29, 1.82) is 0 Å². The molecule has 0 aromatic heterocycles. The van der Waals surface area contributed by atoms with Crippen molar-refractivity contribution in [3.63, 3.8) is 0 Å².